The summed E-state index contributed by atoms with van der Waals surface area (Å²) in [6, 6.07) is -0.0475. The van der Waals surface area contributed by atoms with E-state index >= 15 is 0 Å². The van der Waals surface area contributed by atoms with Gasteiger partial charge in [-0.2, -0.15) is 0 Å². The number of hydrogen-bond donors (Lipinski definition) is 2. The third-order valence-corrected chi connectivity index (χ3v) is 2.27. The molecule has 0 saturated carbocycles. The minimum atomic E-state index is -0.0475. The number of rotatable bonds is 9. The molecule has 3 N–H and O–H groups in total. The second-order valence-electron chi connectivity index (χ2n) is 3.77. The van der Waals surface area contributed by atoms with Crippen molar-refractivity contribution in [2.24, 2.45) is 5.73 Å². The van der Waals surface area contributed by atoms with Gasteiger partial charge in [-0.1, -0.05) is 26.2 Å². The average molecular weight is 216 g/mol. The number of carbonyl (C=O) groups is 1. The zero-order valence-electron chi connectivity index (χ0n) is 9.92. The summed E-state index contributed by atoms with van der Waals surface area (Å²) in [6.07, 6.45) is 5.08. The lowest BCUT2D eigenvalue weighted by molar-refractivity contribution is -0.122. The van der Waals surface area contributed by atoms with Gasteiger partial charge >= 0.3 is 0 Å². The molecule has 0 aromatic heterocycles. The van der Waals surface area contributed by atoms with Crippen LogP contribution < -0.4 is 11.1 Å². The highest BCUT2D eigenvalue weighted by atomic mass is 16.5. The second kappa shape index (κ2) is 9.93. The molecule has 15 heavy (non-hydrogen) atoms. The predicted molar refractivity (Wildman–Crippen MR) is 61.6 cm³/mol. The molecule has 0 aromatic rings. The van der Waals surface area contributed by atoms with E-state index < -0.39 is 0 Å². The first-order valence-electron chi connectivity index (χ1n) is 5.73. The van der Waals surface area contributed by atoms with Gasteiger partial charge in [0.25, 0.3) is 0 Å². The van der Waals surface area contributed by atoms with Crippen molar-refractivity contribution in [2.75, 3.05) is 20.3 Å². The molecular weight excluding hydrogens is 192 g/mol. The van der Waals surface area contributed by atoms with Crippen LogP contribution in [0.5, 0.6) is 0 Å². The van der Waals surface area contributed by atoms with Gasteiger partial charge in [0.2, 0.25) is 5.91 Å². The number of methoxy groups -OCH3 is 1. The fourth-order valence-electron chi connectivity index (χ4n) is 1.38. The van der Waals surface area contributed by atoms with Gasteiger partial charge in [0.05, 0.1) is 12.6 Å². The predicted octanol–water partition coefficient (Wildman–Crippen LogP) is 1.05. The fraction of sp³-hybridized carbons (Fsp3) is 0.909. The third kappa shape index (κ3) is 8.39. The van der Waals surface area contributed by atoms with Crippen molar-refractivity contribution in [2.45, 2.75) is 45.1 Å². The molecule has 1 atom stereocenters. The van der Waals surface area contributed by atoms with E-state index in [1.54, 1.807) is 7.11 Å². The van der Waals surface area contributed by atoms with Crippen molar-refractivity contribution in [1.82, 2.24) is 5.32 Å². The molecule has 0 rings (SSSR count). The Morgan fingerprint density at radius 3 is 2.67 bits per heavy atom. The Hall–Kier alpha value is -0.610. The minimum absolute atomic E-state index is 0.0475. The Morgan fingerprint density at radius 1 is 1.40 bits per heavy atom. The molecule has 0 aliphatic carbocycles. The van der Waals surface area contributed by atoms with E-state index in [-0.39, 0.29) is 11.9 Å². The standard InChI is InChI=1S/C11H24N2O2/c1-3-4-5-6-7-11(14)13-10(8-12)9-15-2/h10H,3-9,12H2,1-2H3,(H,13,14). The zero-order chi connectivity index (χ0) is 11.5. The Bertz CT molecular complexity index is 163. The zero-order valence-corrected chi connectivity index (χ0v) is 9.92. The molecule has 0 fully saturated rings. The average Bonchev–Trinajstić information content (AvgIpc) is 2.24. The van der Waals surface area contributed by atoms with Crippen molar-refractivity contribution < 1.29 is 9.53 Å². The summed E-state index contributed by atoms with van der Waals surface area (Å²) in [6.45, 7) is 3.06. The van der Waals surface area contributed by atoms with Crippen LogP contribution in [-0.2, 0) is 9.53 Å². The van der Waals surface area contributed by atoms with Crippen molar-refractivity contribution in [3.8, 4) is 0 Å². The van der Waals surface area contributed by atoms with Crippen LogP contribution in [0.4, 0.5) is 0 Å². The second-order valence-corrected chi connectivity index (χ2v) is 3.77. The van der Waals surface area contributed by atoms with Gasteiger partial charge in [0.15, 0.2) is 0 Å². The lowest BCUT2D eigenvalue weighted by atomic mass is 10.1. The van der Waals surface area contributed by atoms with Gasteiger partial charge < -0.3 is 15.8 Å². The molecule has 1 amide bonds. The maximum atomic E-state index is 11.4. The number of nitrogens with two attached hydrogens (primary N) is 1. The van der Waals surface area contributed by atoms with Gasteiger partial charge in [0.1, 0.15) is 0 Å². The maximum absolute atomic E-state index is 11.4. The SMILES string of the molecule is CCCCCCC(=O)NC(CN)COC. The summed E-state index contributed by atoms with van der Waals surface area (Å²) in [4.78, 5) is 11.4. The van der Waals surface area contributed by atoms with E-state index in [4.69, 9.17) is 10.5 Å². The highest BCUT2D eigenvalue weighted by molar-refractivity contribution is 5.76. The van der Waals surface area contributed by atoms with Gasteiger partial charge in [0, 0.05) is 20.1 Å². The van der Waals surface area contributed by atoms with E-state index in [0.29, 0.717) is 19.6 Å². The summed E-state index contributed by atoms with van der Waals surface area (Å²) in [5.74, 6) is 0.0820. The van der Waals surface area contributed by atoms with E-state index in [2.05, 4.69) is 12.2 Å². The van der Waals surface area contributed by atoms with E-state index in [1.807, 2.05) is 0 Å². The summed E-state index contributed by atoms with van der Waals surface area (Å²) in [5.41, 5.74) is 5.49. The molecule has 1 unspecified atom stereocenters. The third-order valence-electron chi connectivity index (χ3n) is 2.27. The molecule has 0 spiro atoms. The smallest absolute Gasteiger partial charge is 0.220 e. The summed E-state index contributed by atoms with van der Waals surface area (Å²) >= 11 is 0. The van der Waals surface area contributed by atoms with Crippen LogP contribution in [-0.4, -0.2) is 32.2 Å². The molecule has 0 aromatic carbocycles. The molecule has 4 nitrogen and oxygen atoms in total. The fourth-order valence-corrected chi connectivity index (χ4v) is 1.38. The first kappa shape index (κ1) is 14.4. The van der Waals surface area contributed by atoms with Crippen molar-refractivity contribution in [3.05, 3.63) is 0 Å². The summed E-state index contributed by atoms with van der Waals surface area (Å²) < 4.78 is 4.94. The summed E-state index contributed by atoms with van der Waals surface area (Å²) in [7, 11) is 1.61. The molecule has 0 heterocycles. The van der Waals surface area contributed by atoms with Gasteiger partial charge in [-0.25, -0.2) is 0 Å². The highest BCUT2D eigenvalue weighted by Gasteiger charge is 2.09. The Balaban J connectivity index is 3.52. The van der Waals surface area contributed by atoms with Crippen LogP contribution in [0.25, 0.3) is 0 Å². The normalized spacial score (nSPS) is 12.5. The topological polar surface area (TPSA) is 64.4 Å². The molecule has 90 valence electrons. The summed E-state index contributed by atoms with van der Waals surface area (Å²) in [5, 5.41) is 2.86. The van der Waals surface area contributed by atoms with Crippen molar-refractivity contribution in [1.29, 1.82) is 0 Å². The number of nitrogens with one attached hydrogen (secondary N) is 1. The van der Waals surface area contributed by atoms with Crippen LogP contribution in [0, 0.1) is 0 Å². The van der Waals surface area contributed by atoms with E-state index in [9.17, 15) is 4.79 Å². The molecule has 0 aliphatic rings. The molecule has 0 saturated heterocycles. The van der Waals surface area contributed by atoms with Crippen molar-refractivity contribution >= 4 is 5.91 Å². The molecule has 4 heteroatoms. The monoisotopic (exact) mass is 216 g/mol. The number of amides is 1. The number of hydrogen-bond acceptors (Lipinski definition) is 3. The molecule has 0 aliphatic heterocycles. The van der Waals surface area contributed by atoms with Gasteiger partial charge in [-0.3, -0.25) is 4.79 Å². The van der Waals surface area contributed by atoms with Crippen LogP contribution >= 0.6 is 0 Å². The first-order valence-corrected chi connectivity index (χ1v) is 5.73. The van der Waals surface area contributed by atoms with Gasteiger partial charge in [-0.15, -0.1) is 0 Å². The lowest BCUT2D eigenvalue weighted by Gasteiger charge is -2.15. The van der Waals surface area contributed by atoms with Crippen LogP contribution in [0.1, 0.15) is 39.0 Å². The van der Waals surface area contributed by atoms with Crippen molar-refractivity contribution in [3.63, 3.8) is 0 Å². The van der Waals surface area contributed by atoms with Crippen LogP contribution in [0.15, 0.2) is 0 Å². The van der Waals surface area contributed by atoms with Gasteiger partial charge in [-0.05, 0) is 6.42 Å². The van der Waals surface area contributed by atoms with Crippen LogP contribution in [0.3, 0.4) is 0 Å². The number of unbranched alkanes of at least 4 members (excludes halogenated alkanes) is 3. The van der Waals surface area contributed by atoms with E-state index in [1.165, 1.54) is 12.8 Å². The quantitative estimate of drug-likeness (QED) is 0.566. The molecule has 0 radical (unpaired) electrons. The lowest BCUT2D eigenvalue weighted by Crippen LogP contribution is -2.43. The maximum Gasteiger partial charge on any atom is 0.220 e. The number of ether oxygens (including phenoxy) is 1. The highest BCUT2D eigenvalue weighted by Crippen LogP contribution is 2.02. The Labute approximate surface area is 92.6 Å². The minimum Gasteiger partial charge on any atom is -0.383 e. The van der Waals surface area contributed by atoms with E-state index in [0.717, 1.165) is 12.8 Å². The largest absolute Gasteiger partial charge is 0.383 e. The molecule has 0 bridgehead atoms. The first-order chi connectivity index (χ1) is 7.24. The van der Waals surface area contributed by atoms with Crippen LogP contribution in [0.2, 0.25) is 0 Å². The molecular formula is C11H24N2O2. The number of carbonyl (C=O) groups excluding carboxylic acids is 1. The Morgan fingerprint density at radius 2 is 2.13 bits per heavy atom. The Kier molecular flexibility index (Phi) is 9.52.